The first-order chi connectivity index (χ1) is 21.7. The number of sulfonamides is 1. The van der Waals surface area contributed by atoms with Gasteiger partial charge in [0.1, 0.15) is 17.9 Å². The molecule has 2 aliphatic rings. The smallest absolute Gasteiger partial charge is 0.329 e. The largest absolute Gasteiger partial charge is 0.464 e. The molecule has 0 bridgehead atoms. The second kappa shape index (κ2) is 14.6. The van der Waals surface area contributed by atoms with Crippen LogP contribution in [-0.4, -0.2) is 99.7 Å². The van der Waals surface area contributed by atoms with E-state index in [0.29, 0.717) is 17.5 Å². The summed E-state index contributed by atoms with van der Waals surface area (Å²) >= 11 is 0. The van der Waals surface area contributed by atoms with Gasteiger partial charge in [0.15, 0.2) is 0 Å². The summed E-state index contributed by atoms with van der Waals surface area (Å²) in [6.07, 6.45) is 2.96. The van der Waals surface area contributed by atoms with Crippen LogP contribution < -0.4 is 10.5 Å². The van der Waals surface area contributed by atoms with Crippen molar-refractivity contribution in [3.8, 4) is 0 Å². The Kier molecular flexibility index (Phi) is 11.0. The molecule has 2 amide bonds. The van der Waals surface area contributed by atoms with Gasteiger partial charge in [-0.25, -0.2) is 13.2 Å². The first kappa shape index (κ1) is 34.8. The molecule has 0 fully saturated rings. The molecule has 2 aliphatic heterocycles. The molecule has 3 atom stereocenters. The van der Waals surface area contributed by atoms with Gasteiger partial charge in [-0.1, -0.05) is 35.9 Å². The van der Waals surface area contributed by atoms with Crippen LogP contribution >= 0.6 is 0 Å². The van der Waals surface area contributed by atoms with Gasteiger partial charge >= 0.3 is 5.97 Å². The molecular weight excluding hydrogens is 608 g/mol. The molecule has 46 heavy (non-hydrogen) atoms. The van der Waals surface area contributed by atoms with Crippen molar-refractivity contribution >= 4 is 33.6 Å². The SMILES string of the molecule is CCOC(=O)[C@H]1CC(C)=CCN1C(=O)[C@@H](Cc1cccc(C(=N)N)c1)NS(=O)(=O)c1ccc2c(c1)[C@H](CC(=O)N(C)C)N(C)CC2. The van der Waals surface area contributed by atoms with E-state index in [1.807, 2.05) is 24.9 Å². The van der Waals surface area contributed by atoms with Crippen LogP contribution in [0.2, 0.25) is 0 Å². The summed E-state index contributed by atoms with van der Waals surface area (Å²) in [5.74, 6) is -1.37. The molecule has 2 heterocycles. The van der Waals surface area contributed by atoms with E-state index in [0.717, 1.165) is 23.2 Å². The number of amidine groups is 1. The third-order valence-electron chi connectivity index (χ3n) is 8.56. The van der Waals surface area contributed by atoms with E-state index in [9.17, 15) is 22.8 Å². The molecule has 0 spiro atoms. The maximum atomic E-state index is 14.2. The Balaban J connectivity index is 1.72. The van der Waals surface area contributed by atoms with E-state index in [1.54, 1.807) is 57.4 Å². The van der Waals surface area contributed by atoms with Crippen molar-refractivity contribution in [2.24, 2.45) is 5.73 Å². The van der Waals surface area contributed by atoms with Gasteiger partial charge < -0.3 is 20.3 Å². The Labute approximate surface area is 271 Å². The van der Waals surface area contributed by atoms with Crippen molar-refractivity contribution < 1.29 is 27.5 Å². The molecule has 248 valence electrons. The second-order valence-corrected chi connectivity index (χ2v) is 13.8. The third-order valence-corrected chi connectivity index (χ3v) is 10.0. The minimum Gasteiger partial charge on any atom is -0.464 e. The molecule has 0 radical (unpaired) electrons. The van der Waals surface area contributed by atoms with E-state index in [2.05, 4.69) is 4.72 Å². The monoisotopic (exact) mass is 652 g/mol. The quantitative estimate of drug-likeness (QED) is 0.143. The highest BCUT2D eigenvalue weighted by atomic mass is 32.2. The Morgan fingerprint density at radius 1 is 1.17 bits per heavy atom. The molecule has 0 saturated carbocycles. The number of carbonyl (C=O) groups is 3. The Morgan fingerprint density at radius 3 is 2.59 bits per heavy atom. The average Bonchev–Trinajstić information content (AvgIpc) is 3.01. The van der Waals surface area contributed by atoms with E-state index in [4.69, 9.17) is 15.9 Å². The summed E-state index contributed by atoms with van der Waals surface area (Å²) in [6.45, 7) is 4.54. The Hall–Kier alpha value is -4.07. The highest BCUT2D eigenvalue weighted by molar-refractivity contribution is 7.89. The number of amides is 2. The molecule has 0 unspecified atom stereocenters. The maximum Gasteiger partial charge on any atom is 0.329 e. The van der Waals surface area contributed by atoms with Crippen molar-refractivity contribution in [3.63, 3.8) is 0 Å². The lowest BCUT2D eigenvalue weighted by atomic mass is 9.91. The number of benzene rings is 2. The van der Waals surface area contributed by atoms with Crippen molar-refractivity contribution in [3.05, 3.63) is 76.4 Å². The molecule has 0 aromatic heterocycles. The van der Waals surface area contributed by atoms with Crippen LogP contribution in [0.4, 0.5) is 0 Å². The van der Waals surface area contributed by atoms with Crippen LogP contribution in [0.5, 0.6) is 0 Å². The summed E-state index contributed by atoms with van der Waals surface area (Å²) in [7, 11) is 1.01. The fraction of sp³-hybridized carbons (Fsp3) is 0.455. The summed E-state index contributed by atoms with van der Waals surface area (Å²) in [4.78, 5) is 44.7. The zero-order chi connectivity index (χ0) is 33.8. The molecule has 0 saturated heterocycles. The Morgan fingerprint density at radius 2 is 1.91 bits per heavy atom. The van der Waals surface area contributed by atoms with Crippen molar-refractivity contribution in [2.75, 3.05) is 40.8 Å². The molecule has 0 aliphatic carbocycles. The summed E-state index contributed by atoms with van der Waals surface area (Å²) in [5.41, 5.74) is 9.36. The molecular formula is C33H44N6O6S. The third kappa shape index (κ3) is 8.01. The second-order valence-electron chi connectivity index (χ2n) is 12.1. The van der Waals surface area contributed by atoms with Crippen LogP contribution in [0, 0.1) is 5.41 Å². The van der Waals surface area contributed by atoms with Crippen molar-refractivity contribution in [1.29, 1.82) is 5.41 Å². The number of nitrogen functional groups attached to an aromatic ring is 1. The van der Waals surface area contributed by atoms with E-state index in [1.165, 1.54) is 15.9 Å². The van der Waals surface area contributed by atoms with Gasteiger partial charge in [0.05, 0.1) is 11.5 Å². The zero-order valence-corrected chi connectivity index (χ0v) is 27.9. The Bertz CT molecular complexity index is 1640. The first-order valence-corrected chi connectivity index (χ1v) is 16.8. The van der Waals surface area contributed by atoms with Crippen LogP contribution in [-0.2, 0) is 42.0 Å². The van der Waals surface area contributed by atoms with Gasteiger partial charge in [0, 0.05) is 45.2 Å². The maximum absolute atomic E-state index is 14.2. The number of nitrogens with zero attached hydrogens (tertiary/aromatic N) is 3. The predicted molar refractivity (Wildman–Crippen MR) is 175 cm³/mol. The lowest BCUT2D eigenvalue weighted by Gasteiger charge is -2.36. The van der Waals surface area contributed by atoms with E-state index in [-0.39, 0.29) is 55.1 Å². The van der Waals surface area contributed by atoms with Gasteiger partial charge in [-0.2, -0.15) is 4.72 Å². The molecule has 13 heteroatoms. The molecule has 4 N–H and O–H groups in total. The minimum atomic E-state index is -4.28. The number of carbonyl (C=O) groups excluding carboxylic acids is 3. The highest BCUT2D eigenvalue weighted by Crippen LogP contribution is 2.33. The van der Waals surface area contributed by atoms with Crippen LogP contribution in [0.25, 0.3) is 0 Å². The number of hydrogen-bond donors (Lipinski definition) is 3. The molecule has 4 rings (SSSR count). The summed E-state index contributed by atoms with van der Waals surface area (Å²) in [6, 6.07) is 9.09. The van der Waals surface area contributed by atoms with E-state index < -0.39 is 34.0 Å². The zero-order valence-electron chi connectivity index (χ0n) is 27.1. The van der Waals surface area contributed by atoms with Gasteiger partial charge in [0.25, 0.3) is 0 Å². The minimum absolute atomic E-state index is 0.0320. The van der Waals surface area contributed by atoms with Crippen molar-refractivity contribution in [1.82, 2.24) is 19.4 Å². The average molecular weight is 653 g/mol. The fourth-order valence-corrected chi connectivity index (χ4v) is 7.11. The summed E-state index contributed by atoms with van der Waals surface area (Å²) in [5, 5.41) is 7.83. The van der Waals surface area contributed by atoms with Gasteiger partial charge in [-0.05, 0) is 75.0 Å². The predicted octanol–water partition coefficient (Wildman–Crippen LogP) is 1.98. The number of fused-ring (bicyclic) bond motifs is 1. The van der Waals surface area contributed by atoms with Crippen LogP contribution in [0.3, 0.4) is 0 Å². The number of likely N-dealkylation sites (N-methyl/N-ethyl adjacent to an activating group) is 1. The standard InChI is InChI=1S/C33H44N6O6S/c1-6-45-33(42)29-16-21(2)12-15-39(29)32(41)27(18-22-8-7-9-24(17-22)31(34)35)36-46(43,44)25-11-10-23-13-14-38(5)28(26(23)19-25)20-30(40)37(3)4/h7-12,17,19,27-29,36H,6,13-16,18,20H2,1-5H3,(H3,34,35)/t27-,28+,29-/m1/s1. The lowest BCUT2D eigenvalue weighted by molar-refractivity contribution is -0.155. The molecule has 2 aromatic carbocycles. The van der Waals surface area contributed by atoms with Gasteiger partial charge in [0.2, 0.25) is 21.8 Å². The molecule has 2 aromatic rings. The summed E-state index contributed by atoms with van der Waals surface area (Å²) < 4.78 is 36.0. The number of ether oxygens (including phenoxy) is 1. The van der Waals surface area contributed by atoms with Crippen LogP contribution in [0.15, 0.2) is 59.0 Å². The number of rotatable bonds is 11. The van der Waals surface area contributed by atoms with Crippen molar-refractivity contribution in [2.45, 2.75) is 62.6 Å². The topological polar surface area (TPSA) is 166 Å². The lowest BCUT2D eigenvalue weighted by Crippen LogP contribution is -2.56. The normalized spacial score (nSPS) is 19.1. The number of nitrogens with two attached hydrogens (primary N) is 1. The molecule has 12 nitrogen and oxygen atoms in total. The van der Waals surface area contributed by atoms with Crippen LogP contribution in [0.1, 0.15) is 55.0 Å². The number of nitrogens with one attached hydrogen (secondary N) is 2. The highest BCUT2D eigenvalue weighted by Gasteiger charge is 2.38. The number of esters is 1. The number of hydrogen-bond acceptors (Lipinski definition) is 8. The van der Waals surface area contributed by atoms with Gasteiger partial charge in [-0.3, -0.25) is 19.9 Å². The fourth-order valence-electron chi connectivity index (χ4n) is 5.89. The first-order valence-electron chi connectivity index (χ1n) is 15.3. The van der Waals surface area contributed by atoms with Gasteiger partial charge in [-0.15, -0.1) is 0 Å². The van der Waals surface area contributed by atoms with E-state index >= 15 is 0 Å².